The molecule has 2 heterocycles. The Kier molecular flexibility index (Phi) is 5.97. The van der Waals surface area contributed by atoms with Crippen LogP contribution in [0.5, 0.6) is 11.5 Å². The van der Waals surface area contributed by atoms with Gasteiger partial charge in [-0.15, -0.1) is 0 Å². The van der Waals surface area contributed by atoms with Gasteiger partial charge < -0.3 is 19.3 Å². The Morgan fingerprint density at radius 1 is 1.19 bits per heavy atom. The minimum atomic E-state index is -0.854. The molecule has 0 unspecified atom stereocenters. The fraction of sp³-hybridized carbons (Fsp3) is 0.519. The van der Waals surface area contributed by atoms with Gasteiger partial charge in [0.05, 0.1) is 12.0 Å². The number of hydrogen-bond donors (Lipinski definition) is 1. The lowest BCUT2D eigenvalue weighted by molar-refractivity contribution is -0.192. The van der Waals surface area contributed by atoms with Crippen molar-refractivity contribution in [1.82, 2.24) is 0 Å². The molecule has 2 aromatic carbocycles. The lowest BCUT2D eigenvalue weighted by Crippen LogP contribution is -2.53. The van der Waals surface area contributed by atoms with E-state index in [0.29, 0.717) is 12.2 Å². The van der Waals surface area contributed by atoms with E-state index in [2.05, 4.69) is 32.9 Å². The van der Waals surface area contributed by atoms with E-state index in [9.17, 15) is 9.90 Å². The summed E-state index contributed by atoms with van der Waals surface area (Å²) in [6.45, 7) is 10.9. The molecule has 172 valence electrons. The molecule has 32 heavy (non-hydrogen) atoms. The summed E-state index contributed by atoms with van der Waals surface area (Å²) in [5.41, 5.74) is 1.76. The van der Waals surface area contributed by atoms with E-state index < -0.39 is 23.6 Å². The van der Waals surface area contributed by atoms with Crippen molar-refractivity contribution in [2.45, 2.75) is 70.7 Å². The summed E-state index contributed by atoms with van der Waals surface area (Å²) in [6.07, 6.45) is 0.720. The molecule has 2 aromatic rings. The van der Waals surface area contributed by atoms with Crippen molar-refractivity contribution in [3.63, 3.8) is 0 Å². The number of fused-ring (bicyclic) bond motifs is 3. The second kappa shape index (κ2) is 8.43. The third-order valence-electron chi connectivity index (χ3n) is 7.37. The van der Waals surface area contributed by atoms with Gasteiger partial charge in [-0.05, 0) is 61.9 Å². The number of benzene rings is 2. The van der Waals surface area contributed by atoms with Gasteiger partial charge in [0.1, 0.15) is 29.8 Å². The first kappa shape index (κ1) is 22.7. The van der Waals surface area contributed by atoms with Gasteiger partial charge in [-0.2, -0.15) is 0 Å². The first-order valence-electron chi connectivity index (χ1n) is 11.5. The molecule has 1 fully saturated rings. The van der Waals surface area contributed by atoms with Gasteiger partial charge in [-0.1, -0.05) is 45.0 Å². The number of rotatable bonds is 6. The monoisotopic (exact) mass is 438 g/mol. The summed E-state index contributed by atoms with van der Waals surface area (Å²) in [5.74, 6) is -0.0400. The van der Waals surface area contributed by atoms with Crippen molar-refractivity contribution in [2.24, 2.45) is 11.8 Å². The summed E-state index contributed by atoms with van der Waals surface area (Å²) >= 11 is 0. The molecule has 0 amide bonds. The van der Waals surface area contributed by atoms with Gasteiger partial charge in [0.15, 0.2) is 0 Å². The van der Waals surface area contributed by atoms with Gasteiger partial charge in [0, 0.05) is 11.5 Å². The van der Waals surface area contributed by atoms with Crippen LogP contribution < -0.4 is 9.47 Å². The Bertz CT molecular complexity index is 965. The molecule has 1 saturated heterocycles. The summed E-state index contributed by atoms with van der Waals surface area (Å²) in [7, 11) is 0. The van der Waals surface area contributed by atoms with Crippen molar-refractivity contribution < 1.29 is 24.1 Å². The third kappa shape index (κ3) is 4.23. The number of ether oxygens (including phenoxy) is 3. The molecule has 0 bridgehead atoms. The number of carboxylic acid groups (broad SMARTS) is 1. The molecular formula is C27H34O5. The lowest BCUT2D eigenvalue weighted by atomic mass is 9.71. The van der Waals surface area contributed by atoms with E-state index in [-0.39, 0.29) is 24.0 Å². The van der Waals surface area contributed by atoms with E-state index in [1.54, 1.807) is 0 Å². The fourth-order valence-electron chi connectivity index (χ4n) is 4.82. The average molecular weight is 439 g/mol. The van der Waals surface area contributed by atoms with E-state index in [1.165, 1.54) is 5.56 Å². The lowest BCUT2D eigenvalue weighted by Gasteiger charge is -2.50. The van der Waals surface area contributed by atoms with Crippen molar-refractivity contribution in [3.8, 4) is 11.5 Å². The van der Waals surface area contributed by atoms with E-state index in [1.807, 2.05) is 50.2 Å². The van der Waals surface area contributed by atoms with Crippen LogP contribution in [0, 0.1) is 11.8 Å². The number of carboxylic acids is 1. The quantitative estimate of drug-likeness (QED) is 0.620. The third-order valence-corrected chi connectivity index (χ3v) is 7.37. The van der Waals surface area contributed by atoms with E-state index in [4.69, 9.17) is 14.2 Å². The minimum Gasteiger partial charge on any atom is -0.491 e. The highest BCUT2D eigenvalue weighted by Gasteiger charge is 2.52. The van der Waals surface area contributed by atoms with Crippen LogP contribution in [0.15, 0.2) is 48.5 Å². The molecule has 0 aromatic heterocycles. The highest BCUT2D eigenvalue weighted by Crippen LogP contribution is 2.52. The zero-order valence-electron chi connectivity index (χ0n) is 19.6. The largest absolute Gasteiger partial charge is 0.491 e. The van der Waals surface area contributed by atoms with Gasteiger partial charge in [0.25, 0.3) is 0 Å². The highest BCUT2D eigenvalue weighted by molar-refractivity contribution is 5.71. The van der Waals surface area contributed by atoms with Crippen LogP contribution in [0.2, 0.25) is 0 Å². The van der Waals surface area contributed by atoms with Crippen LogP contribution in [0.4, 0.5) is 0 Å². The number of para-hydroxylation sites is 1. The molecule has 2 aliphatic heterocycles. The van der Waals surface area contributed by atoms with Crippen molar-refractivity contribution in [1.29, 1.82) is 0 Å². The van der Waals surface area contributed by atoms with Crippen LogP contribution in [0.3, 0.4) is 0 Å². The predicted octanol–water partition coefficient (Wildman–Crippen LogP) is 5.77. The molecule has 2 aliphatic rings. The van der Waals surface area contributed by atoms with Crippen LogP contribution in [-0.4, -0.2) is 29.4 Å². The van der Waals surface area contributed by atoms with Crippen LogP contribution in [-0.2, 0) is 14.9 Å². The second-order valence-corrected chi connectivity index (χ2v) is 10.2. The normalized spacial score (nSPS) is 26.4. The molecule has 0 radical (unpaired) electrons. The maximum absolute atomic E-state index is 12.2. The highest BCUT2D eigenvalue weighted by atomic mass is 16.6. The Morgan fingerprint density at radius 2 is 1.91 bits per heavy atom. The Morgan fingerprint density at radius 3 is 2.56 bits per heavy atom. The number of aliphatic carboxylic acids is 1. The fourth-order valence-corrected chi connectivity index (χ4v) is 4.82. The smallest absolute Gasteiger partial charge is 0.309 e. The first-order valence-corrected chi connectivity index (χ1v) is 11.5. The van der Waals surface area contributed by atoms with Gasteiger partial charge in [0.2, 0.25) is 0 Å². The summed E-state index contributed by atoms with van der Waals surface area (Å²) in [5, 5.41) is 9.97. The molecule has 5 heteroatoms. The maximum Gasteiger partial charge on any atom is 0.309 e. The Labute approximate surface area is 190 Å². The predicted molar refractivity (Wildman–Crippen MR) is 123 cm³/mol. The van der Waals surface area contributed by atoms with E-state index in [0.717, 1.165) is 17.7 Å². The van der Waals surface area contributed by atoms with Crippen molar-refractivity contribution in [2.75, 3.05) is 6.61 Å². The molecule has 5 nitrogen and oxygen atoms in total. The number of carbonyl (C=O) groups is 1. The van der Waals surface area contributed by atoms with Gasteiger partial charge in [-0.3, -0.25) is 4.79 Å². The second-order valence-electron chi connectivity index (χ2n) is 10.2. The zero-order valence-corrected chi connectivity index (χ0v) is 19.6. The Hall–Kier alpha value is -2.53. The maximum atomic E-state index is 12.2. The standard InChI is InChI=1S/C27H34O5/c1-6-26(2,3)17-12-13-22-19(14-17)24-21(27(4,5)32-22)15-20(25(28)29)23(31-24)16-30-18-10-8-7-9-11-18/h7-14,20-21,23-24H,6,15-16H2,1-5H3,(H,28,29)/t20-,21-,23-,24+/m0/s1. The SMILES string of the molecule is CCC(C)(C)c1ccc2c(c1)[C@H]1O[C@@H](COc3ccccc3)[C@@H](C(=O)O)C[C@@H]1C(C)(C)O2. The molecule has 0 spiro atoms. The van der Waals surface area contributed by atoms with Gasteiger partial charge >= 0.3 is 5.97 Å². The summed E-state index contributed by atoms with van der Waals surface area (Å²) < 4.78 is 18.9. The number of hydrogen-bond acceptors (Lipinski definition) is 4. The Balaban J connectivity index is 1.67. The van der Waals surface area contributed by atoms with Crippen molar-refractivity contribution in [3.05, 3.63) is 59.7 Å². The van der Waals surface area contributed by atoms with Gasteiger partial charge in [-0.25, -0.2) is 0 Å². The topological polar surface area (TPSA) is 65.0 Å². The van der Waals surface area contributed by atoms with E-state index >= 15 is 0 Å². The van der Waals surface area contributed by atoms with Crippen LogP contribution in [0.1, 0.15) is 64.7 Å². The molecule has 4 atom stereocenters. The summed E-state index contributed by atoms with van der Waals surface area (Å²) in [4.78, 5) is 12.2. The van der Waals surface area contributed by atoms with Crippen LogP contribution in [0.25, 0.3) is 0 Å². The molecule has 0 saturated carbocycles. The minimum absolute atomic E-state index is 0.0333. The van der Waals surface area contributed by atoms with Crippen LogP contribution >= 0.6 is 0 Å². The zero-order chi connectivity index (χ0) is 23.1. The molecular weight excluding hydrogens is 404 g/mol. The average Bonchev–Trinajstić information content (AvgIpc) is 2.77. The summed E-state index contributed by atoms with van der Waals surface area (Å²) in [6, 6.07) is 15.8. The molecule has 0 aliphatic carbocycles. The van der Waals surface area contributed by atoms with Crippen molar-refractivity contribution >= 4 is 5.97 Å². The molecule has 4 rings (SSSR count). The molecule has 1 N–H and O–H groups in total. The first-order chi connectivity index (χ1) is 15.1.